The number of nitrogens with zero attached hydrogens (tertiary/aromatic N) is 1. The highest BCUT2D eigenvalue weighted by molar-refractivity contribution is 5.33. The second kappa shape index (κ2) is 6.05. The van der Waals surface area contributed by atoms with Gasteiger partial charge in [0, 0.05) is 17.6 Å². The number of hydrogen-bond donors (Lipinski definition) is 2. The van der Waals surface area contributed by atoms with Gasteiger partial charge in [-0.25, -0.2) is 0 Å². The van der Waals surface area contributed by atoms with E-state index in [1.165, 1.54) is 0 Å². The number of ether oxygens (including phenoxy) is 1. The summed E-state index contributed by atoms with van der Waals surface area (Å²) in [5.74, 6) is 0.697. The standard InChI is InChI=1S/C15H22N2O2/c1-14(2,15(3,4)18)17-11-12-7-5-6-8-13(12)19-10-9-16/h5-8,17-18H,10-11H2,1-4H3. The Kier molecular flexibility index (Phi) is 4.93. The molecule has 0 heterocycles. The summed E-state index contributed by atoms with van der Waals surface area (Å²) in [6.07, 6.45) is 0. The molecule has 1 rings (SSSR count). The minimum atomic E-state index is -0.838. The van der Waals surface area contributed by atoms with E-state index >= 15 is 0 Å². The van der Waals surface area contributed by atoms with Gasteiger partial charge in [-0.15, -0.1) is 0 Å². The van der Waals surface area contributed by atoms with Crippen LogP contribution < -0.4 is 10.1 Å². The molecule has 0 aliphatic rings. The molecule has 0 bridgehead atoms. The molecule has 0 atom stereocenters. The van der Waals surface area contributed by atoms with Crippen molar-refractivity contribution in [1.82, 2.24) is 5.32 Å². The fraction of sp³-hybridized carbons (Fsp3) is 0.533. The van der Waals surface area contributed by atoms with Crippen LogP contribution in [0.1, 0.15) is 33.3 Å². The highest BCUT2D eigenvalue weighted by Crippen LogP contribution is 2.23. The molecule has 1 aromatic carbocycles. The largest absolute Gasteiger partial charge is 0.478 e. The molecule has 104 valence electrons. The van der Waals surface area contributed by atoms with Gasteiger partial charge in [-0.3, -0.25) is 0 Å². The van der Waals surface area contributed by atoms with E-state index in [-0.39, 0.29) is 6.61 Å². The predicted octanol–water partition coefficient (Wildman–Crippen LogP) is 2.23. The van der Waals surface area contributed by atoms with Crippen LogP contribution >= 0.6 is 0 Å². The highest BCUT2D eigenvalue weighted by atomic mass is 16.5. The first-order valence-electron chi connectivity index (χ1n) is 6.33. The molecule has 0 saturated carbocycles. The molecule has 1 aromatic rings. The van der Waals surface area contributed by atoms with Gasteiger partial charge >= 0.3 is 0 Å². The van der Waals surface area contributed by atoms with Crippen LogP contribution in [0.3, 0.4) is 0 Å². The van der Waals surface area contributed by atoms with E-state index in [2.05, 4.69) is 5.32 Å². The van der Waals surface area contributed by atoms with Crippen molar-refractivity contribution in [2.75, 3.05) is 6.61 Å². The number of para-hydroxylation sites is 1. The molecule has 0 aliphatic heterocycles. The fourth-order valence-electron chi connectivity index (χ4n) is 1.43. The predicted molar refractivity (Wildman–Crippen MR) is 74.8 cm³/mol. The van der Waals surface area contributed by atoms with E-state index in [0.29, 0.717) is 12.3 Å². The summed E-state index contributed by atoms with van der Waals surface area (Å²) < 4.78 is 5.37. The fourth-order valence-corrected chi connectivity index (χ4v) is 1.43. The summed E-state index contributed by atoms with van der Waals surface area (Å²) >= 11 is 0. The Labute approximate surface area is 115 Å². The Bertz CT molecular complexity index is 456. The summed E-state index contributed by atoms with van der Waals surface area (Å²) in [5.41, 5.74) is -0.305. The zero-order valence-corrected chi connectivity index (χ0v) is 12.0. The molecule has 0 aliphatic carbocycles. The molecular weight excluding hydrogens is 240 g/mol. The quantitative estimate of drug-likeness (QED) is 0.825. The van der Waals surface area contributed by atoms with E-state index < -0.39 is 11.1 Å². The normalized spacial score (nSPS) is 12.0. The van der Waals surface area contributed by atoms with E-state index in [0.717, 1.165) is 5.56 Å². The Morgan fingerprint density at radius 3 is 2.47 bits per heavy atom. The summed E-state index contributed by atoms with van der Waals surface area (Å²) in [6.45, 7) is 8.05. The van der Waals surface area contributed by atoms with Gasteiger partial charge in [-0.1, -0.05) is 18.2 Å². The SMILES string of the molecule is CC(C)(O)C(C)(C)NCc1ccccc1OCC#N. The third kappa shape index (κ3) is 4.23. The van der Waals surface area contributed by atoms with Crippen LogP contribution in [0, 0.1) is 11.3 Å². The summed E-state index contributed by atoms with van der Waals surface area (Å²) in [4.78, 5) is 0. The lowest BCUT2D eigenvalue weighted by molar-refractivity contribution is -0.00540. The topological polar surface area (TPSA) is 65.3 Å². The third-order valence-electron chi connectivity index (χ3n) is 3.52. The highest BCUT2D eigenvalue weighted by Gasteiger charge is 2.34. The van der Waals surface area contributed by atoms with Crippen molar-refractivity contribution in [2.45, 2.75) is 45.4 Å². The number of hydrogen-bond acceptors (Lipinski definition) is 4. The molecule has 0 spiro atoms. The van der Waals surface area contributed by atoms with E-state index in [9.17, 15) is 5.11 Å². The molecule has 0 aromatic heterocycles. The smallest absolute Gasteiger partial charge is 0.174 e. The molecule has 2 N–H and O–H groups in total. The number of nitriles is 1. The average molecular weight is 262 g/mol. The second-order valence-corrected chi connectivity index (χ2v) is 5.59. The van der Waals surface area contributed by atoms with Crippen molar-refractivity contribution < 1.29 is 9.84 Å². The number of rotatable bonds is 6. The van der Waals surface area contributed by atoms with Gasteiger partial charge in [0.2, 0.25) is 0 Å². The van der Waals surface area contributed by atoms with Crippen molar-refractivity contribution >= 4 is 0 Å². The van der Waals surface area contributed by atoms with Crippen LogP contribution in [0.15, 0.2) is 24.3 Å². The molecule has 0 amide bonds. The second-order valence-electron chi connectivity index (χ2n) is 5.59. The van der Waals surface area contributed by atoms with E-state index in [1.807, 2.05) is 44.2 Å². The van der Waals surface area contributed by atoms with E-state index in [1.54, 1.807) is 13.8 Å². The Hall–Kier alpha value is -1.57. The summed E-state index contributed by atoms with van der Waals surface area (Å²) in [6, 6.07) is 9.54. The maximum absolute atomic E-state index is 10.1. The minimum Gasteiger partial charge on any atom is -0.478 e. The number of nitrogens with one attached hydrogen (secondary N) is 1. The molecule has 0 radical (unpaired) electrons. The van der Waals surface area contributed by atoms with Crippen LogP contribution in [0.4, 0.5) is 0 Å². The lowest BCUT2D eigenvalue weighted by Gasteiger charge is -2.38. The minimum absolute atomic E-state index is 0.0336. The first-order chi connectivity index (χ1) is 8.78. The third-order valence-corrected chi connectivity index (χ3v) is 3.52. The molecule has 4 nitrogen and oxygen atoms in total. The maximum Gasteiger partial charge on any atom is 0.174 e. The van der Waals surface area contributed by atoms with Crippen molar-refractivity contribution in [1.29, 1.82) is 5.26 Å². The van der Waals surface area contributed by atoms with Crippen LogP contribution in [0.25, 0.3) is 0 Å². The Balaban J connectivity index is 2.76. The van der Waals surface area contributed by atoms with Gasteiger partial charge in [-0.2, -0.15) is 5.26 Å². The molecule has 19 heavy (non-hydrogen) atoms. The van der Waals surface area contributed by atoms with Crippen molar-refractivity contribution in [3.05, 3.63) is 29.8 Å². The zero-order chi connectivity index (χ0) is 14.5. The lowest BCUT2D eigenvalue weighted by Crippen LogP contribution is -2.55. The van der Waals surface area contributed by atoms with Gasteiger partial charge in [0.05, 0.1) is 5.60 Å². The van der Waals surface area contributed by atoms with Gasteiger partial charge in [-0.05, 0) is 33.8 Å². The van der Waals surface area contributed by atoms with Crippen LogP contribution in [0.2, 0.25) is 0 Å². The molecule has 4 heteroatoms. The zero-order valence-electron chi connectivity index (χ0n) is 12.0. The Morgan fingerprint density at radius 2 is 1.89 bits per heavy atom. The molecule has 0 fully saturated rings. The first-order valence-corrected chi connectivity index (χ1v) is 6.33. The van der Waals surface area contributed by atoms with Crippen molar-refractivity contribution in [3.63, 3.8) is 0 Å². The average Bonchev–Trinajstić information content (AvgIpc) is 2.33. The van der Waals surface area contributed by atoms with Crippen molar-refractivity contribution in [2.24, 2.45) is 0 Å². The van der Waals surface area contributed by atoms with Gasteiger partial charge in [0.1, 0.15) is 11.8 Å². The van der Waals surface area contributed by atoms with Gasteiger partial charge in [0.15, 0.2) is 6.61 Å². The van der Waals surface area contributed by atoms with Crippen LogP contribution in [0.5, 0.6) is 5.75 Å². The lowest BCUT2D eigenvalue weighted by atomic mass is 9.86. The first kappa shape index (κ1) is 15.5. The maximum atomic E-state index is 10.1. The van der Waals surface area contributed by atoms with Crippen LogP contribution in [-0.2, 0) is 6.54 Å². The Morgan fingerprint density at radius 1 is 1.26 bits per heavy atom. The molecular formula is C15H22N2O2. The van der Waals surface area contributed by atoms with E-state index in [4.69, 9.17) is 10.00 Å². The number of benzene rings is 1. The summed E-state index contributed by atoms with van der Waals surface area (Å²) in [7, 11) is 0. The number of aliphatic hydroxyl groups is 1. The molecule has 0 unspecified atom stereocenters. The van der Waals surface area contributed by atoms with Gasteiger partial charge < -0.3 is 15.2 Å². The summed E-state index contributed by atoms with van der Waals surface area (Å²) in [5, 5.41) is 22.0. The van der Waals surface area contributed by atoms with Crippen LogP contribution in [-0.4, -0.2) is 22.9 Å². The molecule has 0 saturated heterocycles. The van der Waals surface area contributed by atoms with Crippen molar-refractivity contribution in [3.8, 4) is 11.8 Å². The van der Waals surface area contributed by atoms with Gasteiger partial charge in [0.25, 0.3) is 0 Å². The monoisotopic (exact) mass is 262 g/mol.